The van der Waals surface area contributed by atoms with Crippen molar-refractivity contribution in [2.75, 3.05) is 12.0 Å². The number of hydrogen-bond acceptors (Lipinski definition) is 3. The maximum absolute atomic E-state index is 13.8. The molecule has 0 aliphatic carbocycles. The Hall–Kier alpha value is -1.21. The number of imidazole rings is 1. The Morgan fingerprint density at radius 3 is 2.63 bits per heavy atom. The summed E-state index contributed by atoms with van der Waals surface area (Å²) in [5, 5.41) is 0. The first kappa shape index (κ1) is 14.2. The van der Waals surface area contributed by atoms with Crippen molar-refractivity contribution in [3.05, 3.63) is 29.6 Å². The normalized spacial score (nSPS) is 12.2. The van der Waals surface area contributed by atoms with Gasteiger partial charge >= 0.3 is 0 Å². The van der Waals surface area contributed by atoms with E-state index < -0.39 is 21.5 Å². The molecule has 0 atom stereocenters. The summed E-state index contributed by atoms with van der Waals surface area (Å²) in [4.78, 5) is 4.06. The molecule has 2 rings (SSSR count). The largest absolute Gasteiger partial charge is 0.323 e. The zero-order valence-corrected chi connectivity index (χ0v) is 11.6. The topological polar surface area (TPSA) is 52.0 Å². The van der Waals surface area contributed by atoms with Gasteiger partial charge in [-0.25, -0.2) is 22.2 Å². The summed E-state index contributed by atoms with van der Waals surface area (Å²) in [5.74, 6) is -1.95. The lowest BCUT2D eigenvalue weighted by molar-refractivity contribution is 0.511. The van der Waals surface area contributed by atoms with E-state index in [0.29, 0.717) is 5.82 Å². The summed E-state index contributed by atoms with van der Waals surface area (Å²) < 4.78 is 50.7. The third-order valence-corrected chi connectivity index (χ3v) is 3.85. The SMILES string of the molecule is CS(=O)(=O)CCn1c(CCl)nc2ccc(F)c(F)c21. The van der Waals surface area contributed by atoms with Crippen LogP contribution in [0.25, 0.3) is 11.0 Å². The van der Waals surface area contributed by atoms with Crippen molar-refractivity contribution < 1.29 is 17.2 Å². The van der Waals surface area contributed by atoms with E-state index in [1.54, 1.807) is 0 Å². The Labute approximate surface area is 113 Å². The highest BCUT2D eigenvalue weighted by molar-refractivity contribution is 7.90. The van der Waals surface area contributed by atoms with Gasteiger partial charge in [-0.2, -0.15) is 0 Å². The average molecular weight is 309 g/mol. The number of benzene rings is 1. The van der Waals surface area contributed by atoms with Crippen LogP contribution in [-0.4, -0.2) is 30.0 Å². The summed E-state index contributed by atoms with van der Waals surface area (Å²) >= 11 is 5.70. The number of hydrogen-bond donors (Lipinski definition) is 0. The van der Waals surface area contributed by atoms with E-state index >= 15 is 0 Å². The van der Waals surface area contributed by atoms with Gasteiger partial charge in [0.15, 0.2) is 11.6 Å². The molecule has 8 heteroatoms. The molecule has 4 nitrogen and oxygen atoms in total. The van der Waals surface area contributed by atoms with E-state index in [0.717, 1.165) is 12.3 Å². The van der Waals surface area contributed by atoms with Crippen molar-refractivity contribution in [2.45, 2.75) is 12.4 Å². The molecule has 0 saturated carbocycles. The third-order valence-electron chi connectivity index (χ3n) is 2.68. The highest BCUT2D eigenvalue weighted by Gasteiger charge is 2.17. The van der Waals surface area contributed by atoms with Crippen molar-refractivity contribution in [3.63, 3.8) is 0 Å². The van der Waals surface area contributed by atoms with Gasteiger partial charge in [0.05, 0.1) is 17.1 Å². The lowest BCUT2D eigenvalue weighted by atomic mass is 10.3. The zero-order chi connectivity index (χ0) is 14.2. The van der Waals surface area contributed by atoms with Crippen LogP contribution in [0.2, 0.25) is 0 Å². The van der Waals surface area contributed by atoms with Gasteiger partial charge in [-0.15, -0.1) is 11.6 Å². The lowest BCUT2D eigenvalue weighted by Crippen LogP contribution is -2.13. The Kier molecular flexibility index (Phi) is 3.78. The van der Waals surface area contributed by atoms with Crippen LogP contribution in [0.4, 0.5) is 8.78 Å². The molecule has 0 fully saturated rings. The van der Waals surface area contributed by atoms with Gasteiger partial charge in [-0.05, 0) is 12.1 Å². The van der Waals surface area contributed by atoms with Gasteiger partial charge in [0.2, 0.25) is 0 Å². The van der Waals surface area contributed by atoms with E-state index in [1.165, 1.54) is 10.6 Å². The second kappa shape index (κ2) is 5.05. The smallest absolute Gasteiger partial charge is 0.184 e. The second-order valence-corrected chi connectivity index (χ2v) is 6.70. The minimum Gasteiger partial charge on any atom is -0.323 e. The number of halogens is 3. The number of fused-ring (bicyclic) bond motifs is 1. The number of rotatable bonds is 4. The molecule has 0 saturated heterocycles. The predicted octanol–water partition coefficient (Wildman–Crippen LogP) is 2.10. The minimum absolute atomic E-state index is 0.0144. The van der Waals surface area contributed by atoms with Crippen LogP contribution in [0, 0.1) is 11.6 Å². The number of sulfone groups is 1. The number of nitrogens with zero attached hydrogens (tertiary/aromatic N) is 2. The van der Waals surface area contributed by atoms with Crippen LogP contribution in [0.5, 0.6) is 0 Å². The van der Waals surface area contributed by atoms with Crippen LogP contribution in [0.1, 0.15) is 5.82 Å². The first-order chi connectivity index (χ1) is 8.83. The van der Waals surface area contributed by atoms with Gasteiger partial charge < -0.3 is 4.57 Å². The molecule has 0 amide bonds. The summed E-state index contributed by atoms with van der Waals surface area (Å²) in [7, 11) is -3.22. The Morgan fingerprint density at radius 1 is 1.37 bits per heavy atom. The molecule has 0 radical (unpaired) electrons. The van der Waals surface area contributed by atoms with E-state index in [-0.39, 0.29) is 29.2 Å². The van der Waals surface area contributed by atoms with Gasteiger partial charge in [0.1, 0.15) is 21.2 Å². The van der Waals surface area contributed by atoms with Gasteiger partial charge in [-0.1, -0.05) is 0 Å². The average Bonchev–Trinajstić information content (AvgIpc) is 2.69. The maximum Gasteiger partial charge on any atom is 0.184 e. The Balaban J connectivity index is 2.59. The molecule has 19 heavy (non-hydrogen) atoms. The van der Waals surface area contributed by atoms with Crippen molar-refractivity contribution in [3.8, 4) is 0 Å². The molecule has 1 aromatic heterocycles. The highest BCUT2D eigenvalue weighted by atomic mass is 35.5. The van der Waals surface area contributed by atoms with E-state index in [9.17, 15) is 17.2 Å². The molecule has 0 spiro atoms. The molecular formula is C11H11ClF2N2O2S. The minimum atomic E-state index is -3.22. The molecule has 1 heterocycles. The lowest BCUT2D eigenvalue weighted by Gasteiger charge is -2.07. The van der Waals surface area contributed by atoms with Crippen LogP contribution >= 0.6 is 11.6 Å². The molecule has 0 aliphatic heterocycles. The van der Waals surface area contributed by atoms with E-state index in [1.807, 2.05) is 0 Å². The number of aryl methyl sites for hydroxylation is 1. The van der Waals surface area contributed by atoms with Crippen molar-refractivity contribution in [2.24, 2.45) is 0 Å². The Morgan fingerprint density at radius 2 is 2.05 bits per heavy atom. The van der Waals surface area contributed by atoms with Crippen LogP contribution in [0.15, 0.2) is 12.1 Å². The fourth-order valence-corrected chi connectivity index (χ4v) is 2.52. The molecular weight excluding hydrogens is 298 g/mol. The highest BCUT2D eigenvalue weighted by Crippen LogP contribution is 2.22. The summed E-state index contributed by atoms with van der Waals surface area (Å²) in [6.07, 6.45) is 1.07. The van der Waals surface area contributed by atoms with E-state index in [4.69, 9.17) is 11.6 Å². The standard InChI is InChI=1S/C11H11ClF2N2O2S/c1-19(17,18)5-4-16-9(6-12)15-8-3-2-7(13)10(14)11(8)16/h2-3H,4-6H2,1H3. The molecule has 0 unspecified atom stereocenters. The molecule has 0 bridgehead atoms. The van der Waals surface area contributed by atoms with Crippen molar-refractivity contribution in [1.82, 2.24) is 9.55 Å². The monoisotopic (exact) mass is 308 g/mol. The maximum atomic E-state index is 13.8. The third kappa shape index (κ3) is 2.87. The fraction of sp³-hybridized carbons (Fsp3) is 0.364. The molecule has 104 valence electrons. The second-order valence-electron chi connectivity index (χ2n) is 4.17. The first-order valence-corrected chi connectivity index (χ1v) is 8.00. The summed E-state index contributed by atoms with van der Waals surface area (Å²) in [5.41, 5.74) is 0.197. The van der Waals surface area contributed by atoms with E-state index in [2.05, 4.69) is 4.98 Å². The molecule has 0 aliphatic rings. The first-order valence-electron chi connectivity index (χ1n) is 5.40. The van der Waals surface area contributed by atoms with Crippen LogP contribution < -0.4 is 0 Å². The molecule has 2 aromatic rings. The molecule has 0 N–H and O–H groups in total. The quantitative estimate of drug-likeness (QED) is 0.813. The summed E-state index contributed by atoms with van der Waals surface area (Å²) in [6, 6.07) is 2.31. The zero-order valence-electron chi connectivity index (χ0n) is 10.0. The van der Waals surface area contributed by atoms with Crippen molar-refractivity contribution in [1.29, 1.82) is 0 Å². The van der Waals surface area contributed by atoms with Gasteiger partial charge in [-0.3, -0.25) is 0 Å². The number of aromatic nitrogens is 2. The van der Waals surface area contributed by atoms with Gasteiger partial charge in [0.25, 0.3) is 0 Å². The fourth-order valence-electron chi connectivity index (χ4n) is 1.81. The molecule has 1 aromatic carbocycles. The van der Waals surface area contributed by atoms with Crippen LogP contribution in [-0.2, 0) is 22.3 Å². The van der Waals surface area contributed by atoms with Crippen molar-refractivity contribution >= 4 is 32.5 Å². The Bertz CT molecular complexity index is 728. The summed E-state index contributed by atoms with van der Waals surface area (Å²) in [6.45, 7) is -0.0161. The van der Waals surface area contributed by atoms with Gasteiger partial charge in [0, 0.05) is 12.8 Å². The van der Waals surface area contributed by atoms with Crippen LogP contribution in [0.3, 0.4) is 0 Å². The predicted molar refractivity (Wildman–Crippen MR) is 68.9 cm³/mol. The number of alkyl halides is 1.